The van der Waals surface area contributed by atoms with Gasteiger partial charge in [0.1, 0.15) is 19.4 Å². The van der Waals surface area contributed by atoms with Gasteiger partial charge in [0.05, 0.1) is 17.5 Å². The van der Waals surface area contributed by atoms with Crippen LogP contribution in [0, 0.1) is 0 Å². The normalized spacial score (nSPS) is 17.5. The van der Waals surface area contributed by atoms with Crippen LogP contribution in [-0.2, 0) is 6.54 Å². The molecular formula is C27H22N4O5. The van der Waals surface area contributed by atoms with Gasteiger partial charge < -0.3 is 29.2 Å². The second-order valence-corrected chi connectivity index (χ2v) is 8.77. The number of benzene rings is 3. The molecule has 0 bridgehead atoms. The lowest BCUT2D eigenvalue weighted by molar-refractivity contribution is 0.0667. The lowest BCUT2D eigenvalue weighted by Gasteiger charge is -2.38. The molecule has 1 amide bonds. The number of nitrogens with one attached hydrogen (secondary N) is 2. The van der Waals surface area contributed by atoms with Crippen molar-refractivity contribution in [2.45, 2.75) is 12.7 Å². The molecular weight excluding hydrogens is 460 g/mol. The van der Waals surface area contributed by atoms with E-state index in [9.17, 15) is 4.79 Å². The number of para-hydroxylation sites is 1. The van der Waals surface area contributed by atoms with Gasteiger partial charge in [-0.15, -0.1) is 0 Å². The number of carbonyl (C=O) groups is 1. The molecule has 3 aromatic carbocycles. The van der Waals surface area contributed by atoms with E-state index in [0.717, 1.165) is 33.8 Å². The van der Waals surface area contributed by atoms with Gasteiger partial charge in [0.25, 0.3) is 5.91 Å². The molecule has 9 heteroatoms. The highest BCUT2D eigenvalue weighted by Gasteiger charge is 2.35. The molecule has 0 aliphatic carbocycles. The number of fused-ring (bicyclic) bond motifs is 3. The van der Waals surface area contributed by atoms with E-state index in [2.05, 4.69) is 15.5 Å². The van der Waals surface area contributed by atoms with E-state index in [0.29, 0.717) is 42.6 Å². The molecule has 1 atom stereocenters. The van der Waals surface area contributed by atoms with E-state index in [-0.39, 0.29) is 12.7 Å². The average Bonchev–Trinajstić information content (AvgIpc) is 3.59. The number of aromatic amines is 1. The Hall–Kier alpha value is -4.66. The number of carbonyl (C=O) groups excluding carboxylic acids is 1. The number of aromatic nitrogens is 2. The van der Waals surface area contributed by atoms with Crippen LogP contribution in [0.25, 0.3) is 11.3 Å². The number of anilines is 1. The van der Waals surface area contributed by atoms with Crippen LogP contribution in [0.1, 0.15) is 27.7 Å². The van der Waals surface area contributed by atoms with Gasteiger partial charge in [-0.3, -0.25) is 9.89 Å². The largest absolute Gasteiger partial charge is 0.486 e. The number of nitrogens with zero attached hydrogens (tertiary/aromatic N) is 2. The predicted molar refractivity (Wildman–Crippen MR) is 130 cm³/mol. The van der Waals surface area contributed by atoms with Crippen molar-refractivity contribution >= 4 is 11.6 Å². The molecule has 7 rings (SSSR count). The van der Waals surface area contributed by atoms with E-state index in [1.807, 2.05) is 65.6 Å². The topological polar surface area (TPSA) is 97.9 Å². The Kier molecular flexibility index (Phi) is 4.73. The molecule has 180 valence electrons. The predicted octanol–water partition coefficient (Wildman–Crippen LogP) is 4.34. The standard InChI is InChI=1S/C27H22N4O5/c32-27-18-3-1-2-4-20(18)29-26(31(27)14-16-5-7-22-23(11-16)36-15-35-22)19-13-28-30-25(19)17-6-8-21-24(12-17)34-10-9-33-21/h1-8,11-13,26,29H,9-10,14-15H2,(H,28,30). The third kappa shape index (κ3) is 3.39. The van der Waals surface area contributed by atoms with Crippen molar-refractivity contribution < 1.29 is 23.7 Å². The number of H-pyrrole nitrogens is 1. The lowest BCUT2D eigenvalue weighted by Crippen LogP contribution is -2.42. The van der Waals surface area contributed by atoms with Crippen LogP contribution in [-0.4, -0.2) is 41.0 Å². The van der Waals surface area contributed by atoms with E-state index in [4.69, 9.17) is 18.9 Å². The maximum atomic E-state index is 13.8. The summed E-state index contributed by atoms with van der Waals surface area (Å²) in [6.07, 6.45) is 1.30. The highest BCUT2D eigenvalue weighted by Crippen LogP contribution is 2.41. The van der Waals surface area contributed by atoms with Gasteiger partial charge in [0, 0.05) is 23.4 Å². The monoisotopic (exact) mass is 482 g/mol. The Bertz CT molecular complexity index is 1480. The first-order valence-electron chi connectivity index (χ1n) is 11.7. The van der Waals surface area contributed by atoms with Gasteiger partial charge >= 0.3 is 0 Å². The first-order chi connectivity index (χ1) is 17.7. The van der Waals surface area contributed by atoms with Crippen molar-refractivity contribution in [1.29, 1.82) is 0 Å². The van der Waals surface area contributed by atoms with Crippen LogP contribution in [0.2, 0.25) is 0 Å². The minimum atomic E-state index is -0.459. The molecule has 2 N–H and O–H groups in total. The van der Waals surface area contributed by atoms with E-state index >= 15 is 0 Å². The number of hydrogen-bond acceptors (Lipinski definition) is 7. The number of hydrogen-bond donors (Lipinski definition) is 2. The maximum Gasteiger partial charge on any atom is 0.258 e. The fraction of sp³-hybridized carbons (Fsp3) is 0.185. The SMILES string of the molecule is O=C1c2ccccc2NC(c2cn[nH]c2-c2ccc3c(c2)OCCO3)N1Cc1ccc2c(c1)OCO2. The Labute approximate surface area is 206 Å². The smallest absolute Gasteiger partial charge is 0.258 e. The lowest BCUT2D eigenvalue weighted by atomic mass is 10.00. The quantitative estimate of drug-likeness (QED) is 0.446. The molecule has 0 saturated heterocycles. The first-order valence-corrected chi connectivity index (χ1v) is 11.7. The number of rotatable bonds is 4. The van der Waals surface area contributed by atoms with Crippen molar-refractivity contribution in [2.75, 3.05) is 25.3 Å². The zero-order chi connectivity index (χ0) is 24.1. The molecule has 3 aliphatic heterocycles. The van der Waals surface area contributed by atoms with Gasteiger partial charge in [0.15, 0.2) is 23.0 Å². The zero-order valence-corrected chi connectivity index (χ0v) is 19.2. The summed E-state index contributed by atoms with van der Waals surface area (Å²) < 4.78 is 22.5. The molecule has 0 radical (unpaired) electrons. The van der Waals surface area contributed by atoms with Crippen LogP contribution >= 0.6 is 0 Å². The van der Waals surface area contributed by atoms with Gasteiger partial charge in [-0.25, -0.2) is 0 Å². The van der Waals surface area contributed by atoms with Crippen molar-refractivity contribution in [3.05, 3.63) is 83.6 Å². The minimum Gasteiger partial charge on any atom is -0.486 e. The summed E-state index contributed by atoms with van der Waals surface area (Å²) in [6.45, 7) is 1.61. The Morgan fingerprint density at radius 2 is 1.67 bits per heavy atom. The van der Waals surface area contributed by atoms with E-state index < -0.39 is 6.17 Å². The van der Waals surface area contributed by atoms with Crippen molar-refractivity contribution in [3.8, 4) is 34.3 Å². The summed E-state index contributed by atoms with van der Waals surface area (Å²) in [5.74, 6) is 2.73. The summed E-state index contributed by atoms with van der Waals surface area (Å²) in [5.41, 5.74) is 4.87. The fourth-order valence-corrected chi connectivity index (χ4v) is 4.87. The summed E-state index contributed by atoms with van der Waals surface area (Å²) >= 11 is 0. The van der Waals surface area contributed by atoms with Crippen LogP contribution < -0.4 is 24.3 Å². The summed E-state index contributed by atoms with van der Waals surface area (Å²) in [4.78, 5) is 15.6. The molecule has 1 unspecified atom stereocenters. The maximum absolute atomic E-state index is 13.8. The second-order valence-electron chi connectivity index (χ2n) is 8.77. The molecule has 0 spiro atoms. The molecule has 0 fully saturated rings. The summed E-state index contributed by atoms with van der Waals surface area (Å²) in [5, 5.41) is 11.0. The second kappa shape index (κ2) is 8.23. The molecule has 0 saturated carbocycles. The first kappa shape index (κ1) is 20.7. The van der Waals surface area contributed by atoms with Gasteiger partial charge in [-0.1, -0.05) is 18.2 Å². The molecule has 9 nitrogen and oxygen atoms in total. The fourth-order valence-electron chi connectivity index (χ4n) is 4.87. The van der Waals surface area contributed by atoms with Gasteiger partial charge in [-0.2, -0.15) is 5.10 Å². The molecule has 1 aromatic heterocycles. The molecule has 4 aromatic rings. The average molecular weight is 482 g/mol. The molecule has 4 heterocycles. The highest BCUT2D eigenvalue weighted by atomic mass is 16.7. The zero-order valence-electron chi connectivity index (χ0n) is 19.2. The van der Waals surface area contributed by atoms with Crippen molar-refractivity contribution in [3.63, 3.8) is 0 Å². The van der Waals surface area contributed by atoms with E-state index in [1.54, 1.807) is 6.20 Å². The minimum absolute atomic E-state index is 0.0682. The summed E-state index contributed by atoms with van der Waals surface area (Å²) in [6, 6.07) is 19.1. The Morgan fingerprint density at radius 1 is 0.889 bits per heavy atom. The van der Waals surface area contributed by atoms with Crippen molar-refractivity contribution in [2.24, 2.45) is 0 Å². The number of ether oxygens (including phenoxy) is 4. The summed E-state index contributed by atoms with van der Waals surface area (Å²) in [7, 11) is 0. The van der Waals surface area contributed by atoms with Crippen LogP contribution in [0.15, 0.2) is 66.9 Å². The highest BCUT2D eigenvalue weighted by molar-refractivity contribution is 6.01. The van der Waals surface area contributed by atoms with Crippen LogP contribution in [0.4, 0.5) is 5.69 Å². The van der Waals surface area contributed by atoms with E-state index in [1.165, 1.54) is 0 Å². The third-order valence-electron chi connectivity index (χ3n) is 6.61. The Morgan fingerprint density at radius 3 is 2.61 bits per heavy atom. The van der Waals surface area contributed by atoms with Crippen molar-refractivity contribution in [1.82, 2.24) is 15.1 Å². The molecule has 3 aliphatic rings. The van der Waals surface area contributed by atoms with Gasteiger partial charge in [-0.05, 0) is 48.0 Å². The molecule has 36 heavy (non-hydrogen) atoms. The van der Waals surface area contributed by atoms with Crippen LogP contribution in [0.5, 0.6) is 23.0 Å². The van der Waals surface area contributed by atoms with Crippen LogP contribution in [0.3, 0.4) is 0 Å². The third-order valence-corrected chi connectivity index (χ3v) is 6.61. The number of amides is 1. The van der Waals surface area contributed by atoms with Gasteiger partial charge in [0.2, 0.25) is 6.79 Å². The Balaban J connectivity index is 1.29.